The van der Waals surface area contributed by atoms with Crippen LogP contribution in [0.5, 0.6) is 0 Å². The van der Waals surface area contributed by atoms with Gasteiger partial charge in [-0.25, -0.2) is 9.37 Å². The number of nitrogens with one attached hydrogen (secondary N) is 1. The third kappa shape index (κ3) is 4.13. The van der Waals surface area contributed by atoms with Crippen LogP contribution in [0.1, 0.15) is 26.7 Å². The van der Waals surface area contributed by atoms with E-state index in [1.54, 1.807) is 12.1 Å². The van der Waals surface area contributed by atoms with Crippen LogP contribution >= 0.6 is 11.3 Å². The lowest BCUT2D eigenvalue weighted by molar-refractivity contribution is -0.116. The Balaban J connectivity index is 2.00. The molecule has 20 heavy (non-hydrogen) atoms. The number of carbonyl (C=O) groups excluding carboxylic acids is 1. The molecule has 0 aliphatic carbocycles. The van der Waals surface area contributed by atoms with Crippen LogP contribution < -0.4 is 5.32 Å². The van der Waals surface area contributed by atoms with Gasteiger partial charge in [0.1, 0.15) is 5.82 Å². The summed E-state index contributed by atoms with van der Waals surface area (Å²) < 4.78 is 13.2. The Morgan fingerprint density at radius 1 is 1.45 bits per heavy atom. The number of hydrogen-bond acceptors (Lipinski definition) is 3. The molecule has 0 unspecified atom stereocenters. The average Bonchev–Trinajstić information content (AvgIpc) is 2.85. The molecule has 0 saturated heterocycles. The minimum absolute atomic E-state index is 0.0288. The van der Waals surface area contributed by atoms with E-state index in [0.29, 0.717) is 28.7 Å². The van der Waals surface area contributed by atoms with E-state index in [2.05, 4.69) is 24.1 Å². The monoisotopic (exact) mass is 292 g/mol. The molecule has 3 nitrogen and oxygen atoms in total. The van der Waals surface area contributed by atoms with Gasteiger partial charge in [-0.05, 0) is 24.5 Å². The molecule has 0 atom stereocenters. The minimum Gasteiger partial charge on any atom is -0.302 e. The van der Waals surface area contributed by atoms with E-state index in [-0.39, 0.29) is 11.7 Å². The largest absolute Gasteiger partial charge is 0.302 e. The first-order valence-corrected chi connectivity index (χ1v) is 7.44. The number of carbonyl (C=O) groups is 1. The van der Waals surface area contributed by atoms with Crippen molar-refractivity contribution >= 4 is 22.4 Å². The highest BCUT2D eigenvalue weighted by molar-refractivity contribution is 7.14. The summed E-state index contributed by atoms with van der Waals surface area (Å²) >= 11 is 1.35. The van der Waals surface area contributed by atoms with Crippen molar-refractivity contribution in [2.75, 3.05) is 5.32 Å². The molecule has 0 aliphatic rings. The third-order valence-corrected chi connectivity index (χ3v) is 3.58. The van der Waals surface area contributed by atoms with E-state index in [1.165, 1.54) is 23.5 Å². The summed E-state index contributed by atoms with van der Waals surface area (Å²) in [4.78, 5) is 16.0. The molecule has 1 N–H and O–H groups in total. The van der Waals surface area contributed by atoms with Gasteiger partial charge in [0.05, 0.1) is 5.69 Å². The lowest BCUT2D eigenvalue weighted by Crippen LogP contribution is -2.11. The highest BCUT2D eigenvalue weighted by Crippen LogP contribution is 2.25. The van der Waals surface area contributed by atoms with Crippen molar-refractivity contribution in [2.24, 2.45) is 5.92 Å². The van der Waals surface area contributed by atoms with Gasteiger partial charge >= 0.3 is 0 Å². The Kier molecular flexibility index (Phi) is 4.84. The lowest BCUT2D eigenvalue weighted by Gasteiger charge is -2.03. The van der Waals surface area contributed by atoms with Crippen LogP contribution in [0.2, 0.25) is 0 Å². The van der Waals surface area contributed by atoms with E-state index in [1.807, 2.05) is 5.38 Å². The normalized spacial score (nSPS) is 10.8. The Bertz CT molecular complexity index is 595. The first-order chi connectivity index (χ1) is 9.54. The maximum absolute atomic E-state index is 13.2. The average molecular weight is 292 g/mol. The Morgan fingerprint density at radius 3 is 2.95 bits per heavy atom. The lowest BCUT2D eigenvalue weighted by atomic mass is 10.1. The molecular weight excluding hydrogens is 275 g/mol. The minimum atomic E-state index is -0.294. The van der Waals surface area contributed by atoms with Gasteiger partial charge in [-0.1, -0.05) is 26.0 Å². The molecule has 1 heterocycles. The Hall–Kier alpha value is -1.75. The maximum Gasteiger partial charge on any atom is 0.226 e. The summed E-state index contributed by atoms with van der Waals surface area (Å²) in [5.74, 6) is 0.178. The van der Waals surface area contributed by atoms with Crippen LogP contribution in [0.4, 0.5) is 9.52 Å². The molecule has 2 aromatic rings. The van der Waals surface area contributed by atoms with E-state index in [0.717, 1.165) is 6.42 Å². The summed E-state index contributed by atoms with van der Waals surface area (Å²) in [7, 11) is 0. The molecule has 5 heteroatoms. The Labute approximate surface area is 121 Å². The van der Waals surface area contributed by atoms with Gasteiger partial charge in [0, 0.05) is 17.4 Å². The number of aromatic nitrogens is 1. The zero-order valence-corrected chi connectivity index (χ0v) is 12.3. The van der Waals surface area contributed by atoms with E-state index in [9.17, 15) is 9.18 Å². The van der Waals surface area contributed by atoms with Crippen molar-refractivity contribution in [3.05, 3.63) is 35.5 Å². The standard InChI is InChI=1S/C15H17FN2OS/c1-10(2)6-7-14(19)18-15-17-13(9-20-15)11-4-3-5-12(16)8-11/h3-5,8-10H,6-7H2,1-2H3,(H,17,18,19). The molecule has 0 bridgehead atoms. The molecule has 1 aromatic carbocycles. The number of nitrogens with zero attached hydrogens (tertiary/aromatic N) is 1. The van der Waals surface area contributed by atoms with Crippen LogP contribution in [0.25, 0.3) is 11.3 Å². The molecule has 106 valence electrons. The fraction of sp³-hybridized carbons (Fsp3) is 0.333. The number of rotatable bonds is 5. The van der Waals surface area contributed by atoms with Crippen LogP contribution in [-0.2, 0) is 4.79 Å². The smallest absolute Gasteiger partial charge is 0.226 e. The second-order valence-electron chi connectivity index (χ2n) is 5.03. The molecule has 0 aliphatic heterocycles. The van der Waals surface area contributed by atoms with Gasteiger partial charge in [-0.2, -0.15) is 0 Å². The van der Waals surface area contributed by atoms with Gasteiger partial charge in [0.15, 0.2) is 5.13 Å². The summed E-state index contributed by atoms with van der Waals surface area (Å²) in [5.41, 5.74) is 1.39. The van der Waals surface area contributed by atoms with E-state index in [4.69, 9.17) is 0 Å². The van der Waals surface area contributed by atoms with Crippen LogP contribution in [-0.4, -0.2) is 10.9 Å². The molecule has 2 rings (SSSR count). The number of amides is 1. The molecular formula is C15H17FN2OS. The second-order valence-corrected chi connectivity index (χ2v) is 5.89. The number of thiazole rings is 1. The van der Waals surface area contributed by atoms with Gasteiger partial charge in [-0.3, -0.25) is 4.79 Å². The number of hydrogen-bond donors (Lipinski definition) is 1. The third-order valence-electron chi connectivity index (χ3n) is 2.82. The summed E-state index contributed by atoms with van der Waals surface area (Å²) in [6, 6.07) is 6.26. The van der Waals surface area contributed by atoms with Crippen molar-refractivity contribution in [2.45, 2.75) is 26.7 Å². The van der Waals surface area contributed by atoms with Crippen molar-refractivity contribution in [1.82, 2.24) is 4.98 Å². The van der Waals surface area contributed by atoms with Gasteiger partial charge in [0.25, 0.3) is 0 Å². The molecule has 0 saturated carbocycles. The van der Waals surface area contributed by atoms with Gasteiger partial charge < -0.3 is 5.32 Å². The first kappa shape index (κ1) is 14.7. The zero-order valence-electron chi connectivity index (χ0n) is 11.5. The van der Waals surface area contributed by atoms with Gasteiger partial charge in [-0.15, -0.1) is 11.3 Å². The highest BCUT2D eigenvalue weighted by atomic mass is 32.1. The predicted octanol–water partition coefficient (Wildman–Crippen LogP) is 4.32. The Morgan fingerprint density at radius 2 is 2.25 bits per heavy atom. The zero-order chi connectivity index (χ0) is 14.5. The summed E-state index contributed by atoms with van der Waals surface area (Å²) in [5, 5.41) is 5.14. The summed E-state index contributed by atoms with van der Waals surface area (Å²) in [6.45, 7) is 4.16. The molecule has 0 radical (unpaired) electrons. The molecule has 0 spiro atoms. The van der Waals surface area contributed by atoms with Crippen molar-refractivity contribution < 1.29 is 9.18 Å². The van der Waals surface area contributed by atoms with Crippen molar-refractivity contribution in [3.63, 3.8) is 0 Å². The molecule has 1 amide bonds. The number of benzene rings is 1. The first-order valence-electron chi connectivity index (χ1n) is 6.56. The highest BCUT2D eigenvalue weighted by Gasteiger charge is 2.09. The van der Waals surface area contributed by atoms with Crippen molar-refractivity contribution in [1.29, 1.82) is 0 Å². The van der Waals surface area contributed by atoms with Crippen LogP contribution in [0.15, 0.2) is 29.6 Å². The predicted molar refractivity (Wildman–Crippen MR) is 80.2 cm³/mol. The van der Waals surface area contributed by atoms with E-state index < -0.39 is 0 Å². The SMILES string of the molecule is CC(C)CCC(=O)Nc1nc(-c2cccc(F)c2)cs1. The number of anilines is 1. The second kappa shape index (κ2) is 6.61. The van der Waals surface area contributed by atoms with E-state index >= 15 is 0 Å². The maximum atomic E-state index is 13.2. The summed E-state index contributed by atoms with van der Waals surface area (Å²) in [6.07, 6.45) is 1.35. The van der Waals surface area contributed by atoms with Crippen LogP contribution in [0, 0.1) is 11.7 Å². The topological polar surface area (TPSA) is 42.0 Å². The molecule has 1 aromatic heterocycles. The van der Waals surface area contributed by atoms with Crippen molar-refractivity contribution in [3.8, 4) is 11.3 Å². The fourth-order valence-electron chi connectivity index (χ4n) is 1.71. The fourth-order valence-corrected chi connectivity index (χ4v) is 2.45. The van der Waals surface area contributed by atoms with Crippen LogP contribution in [0.3, 0.4) is 0 Å². The van der Waals surface area contributed by atoms with Gasteiger partial charge in [0.2, 0.25) is 5.91 Å². The number of halogens is 1. The molecule has 0 fully saturated rings. The quantitative estimate of drug-likeness (QED) is 0.891.